The molecule has 3 aromatic rings. The summed E-state index contributed by atoms with van der Waals surface area (Å²) < 4.78 is 10.7. The molecule has 1 heterocycles. The van der Waals surface area contributed by atoms with E-state index < -0.39 is 0 Å². The van der Waals surface area contributed by atoms with Crippen LogP contribution in [0.25, 0.3) is 22.4 Å². The van der Waals surface area contributed by atoms with E-state index in [9.17, 15) is 10.4 Å². The molecule has 0 atom stereocenters. The fourth-order valence-corrected chi connectivity index (χ4v) is 2.70. The van der Waals surface area contributed by atoms with Gasteiger partial charge in [-0.25, -0.2) is 4.98 Å². The van der Waals surface area contributed by atoms with Gasteiger partial charge in [0.2, 0.25) is 0 Å². The van der Waals surface area contributed by atoms with Crippen molar-refractivity contribution in [2.45, 2.75) is 0 Å². The van der Waals surface area contributed by atoms with Crippen LogP contribution in [0.15, 0.2) is 48.5 Å². The number of hydrogen-bond donors (Lipinski definition) is 2. The molecule has 0 aliphatic carbocycles. The molecule has 0 fully saturated rings. The molecule has 0 bridgehead atoms. The van der Waals surface area contributed by atoms with Crippen molar-refractivity contribution in [2.75, 3.05) is 20.0 Å². The number of rotatable bonds is 4. The van der Waals surface area contributed by atoms with Crippen molar-refractivity contribution in [1.82, 2.24) is 4.98 Å². The van der Waals surface area contributed by atoms with E-state index in [4.69, 9.17) is 15.2 Å². The van der Waals surface area contributed by atoms with Crippen LogP contribution in [0.5, 0.6) is 17.2 Å². The standard InChI is InChI=1S/C20H17N3O3/c1-25-14-7-8-15(19(9-14)26-2)18-10-16(17(11-21)20(22)23-18)12-3-5-13(24)6-4-12/h3-10,24H,1-2H3,(H2,22,23). The van der Waals surface area contributed by atoms with Crippen molar-refractivity contribution in [1.29, 1.82) is 5.26 Å². The van der Waals surface area contributed by atoms with Gasteiger partial charge in [0.05, 0.1) is 19.9 Å². The van der Waals surface area contributed by atoms with Crippen LogP contribution in [0.3, 0.4) is 0 Å². The maximum absolute atomic E-state index is 9.50. The van der Waals surface area contributed by atoms with E-state index in [0.717, 1.165) is 11.1 Å². The van der Waals surface area contributed by atoms with E-state index in [1.165, 1.54) is 0 Å². The van der Waals surface area contributed by atoms with Gasteiger partial charge in [-0.1, -0.05) is 12.1 Å². The molecule has 0 radical (unpaired) electrons. The number of phenols is 1. The first-order chi connectivity index (χ1) is 12.6. The summed E-state index contributed by atoms with van der Waals surface area (Å²) >= 11 is 0. The quantitative estimate of drug-likeness (QED) is 0.748. The molecule has 0 saturated heterocycles. The van der Waals surface area contributed by atoms with Gasteiger partial charge in [-0.15, -0.1) is 0 Å². The van der Waals surface area contributed by atoms with E-state index in [0.29, 0.717) is 22.8 Å². The number of aromatic nitrogens is 1. The Morgan fingerprint density at radius 3 is 2.35 bits per heavy atom. The van der Waals surface area contributed by atoms with Gasteiger partial charge in [0.1, 0.15) is 34.7 Å². The molecule has 26 heavy (non-hydrogen) atoms. The Labute approximate surface area is 151 Å². The predicted molar refractivity (Wildman–Crippen MR) is 99.0 cm³/mol. The van der Waals surface area contributed by atoms with Crippen LogP contribution >= 0.6 is 0 Å². The van der Waals surface area contributed by atoms with Crippen molar-refractivity contribution < 1.29 is 14.6 Å². The summed E-state index contributed by atoms with van der Waals surface area (Å²) in [6, 6.07) is 15.8. The van der Waals surface area contributed by atoms with E-state index in [-0.39, 0.29) is 17.1 Å². The number of aromatic hydroxyl groups is 1. The highest BCUT2D eigenvalue weighted by molar-refractivity contribution is 5.81. The fraction of sp³-hybridized carbons (Fsp3) is 0.100. The second-order valence-corrected chi connectivity index (χ2v) is 5.54. The summed E-state index contributed by atoms with van der Waals surface area (Å²) in [5.41, 5.74) is 9.00. The summed E-state index contributed by atoms with van der Waals surface area (Å²) in [6.45, 7) is 0. The van der Waals surface area contributed by atoms with Gasteiger partial charge in [0, 0.05) is 17.2 Å². The number of nitrogens with two attached hydrogens (primary N) is 1. The minimum absolute atomic E-state index is 0.131. The summed E-state index contributed by atoms with van der Waals surface area (Å²) in [5, 5.41) is 19.0. The third kappa shape index (κ3) is 3.10. The number of phenolic OH excluding ortho intramolecular Hbond substituents is 1. The van der Waals surface area contributed by atoms with Crippen LogP contribution in [-0.4, -0.2) is 24.3 Å². The van der Waals surface area contributed by atoms with Crippen LogP contribution in [0.4, 0.5) is 5.82 Å². The third-order valence-corrected chi connectivity index (χ3v) is 4.02. The number of nitrogens with zero attached hydrogens (tertiary/aromatic N) is 2. The topological polar surface area (TPSA) is 101 Å². The van der Waals surface area contributed by atoms with Crippen molar-refractivity contribution in [3.8, 4) is 45.7 Å². The predicted octanol–water partition coefficient (Wildman–Crippen LogP) is 3.59. The molecule has 0 saturated carbocycles. The minimum Gasteiger partial charge on any atom is -0.508 e. The number of pyridine rings is 1. The molecular formula is C20H17N3O3. The van der Waals surface area contributed by atoms with Crippen molar-refractivity contribution >= 4 is 5.82 Å². The van der Waals surface area contributed by atoms with E-state index in [2.05, 4.69) is 11.1 Å². The zero-order valence-electron chi connectivity index (χ0n) is 14.4. The number of nitrogen functional groups attached to an aromatic ring is 1. The lowest BCUT2D eigenvalue weighted by Gasteiger charge is -2.13. The Morgan fingerprint density at radius 1 is 1.00 bits per heavy atom. The summed E-state index contributed by atoms with van der Waals surface area (Å²) in [6.07, 6.45) is 0. The maximum atomic E-state index is 9.50. The first kappa shape index (κ1) is 17.1. The van der Waals surface area contributed by atoms with Crippen LogP contribution in [-0.2, 0) is 0 Å². The minimum atomic E-state index is 0.131. The first-order valence-corrected chi connectivity index (χ1v) is 7.79. The van der Waals surface area contributed by atoms with Gasteiger partial charge in [0.25, 0.3) is 0 Å². The van der Waals surface area contributed by atoms with Crippen LogP contribution < -0.4 is 15.2 Å². The van der Waals surface area contributed by atoms with Crippen LogP contribution in [0.2, 0.25) is 0 Å². The molecule has 0 spiro atoms. The molecule has 0 aliphatic heterocycles. The monoisotopic (exact) mass is 347 g/mol. The van der Waals surface area contributed by atoms with Gasteiger partial charge in [-0.2, -0.15) is 5.26 Å². The van der Waals surface area contributed by atoms with Crippen LogP contribution in [0.1, 0.15) is 5.56 Å². The number of benzene rings is 2. The molecule has 3 rings (SSSR count). The zero-order valence-corrected chi connectivity index (χ0v) is 14.4. The second-order valence-electron chi connectivity index (χ2n) is 5.54. The summed E-state index contributed by atoms with van der Waals surface area (Å²) in [7, 11) is 3.14. The summed E-state index contributed by atoms with van der Waals surface area (Å²) in [4.78, 5) is 4.37. The fourth-order valence-electron chi connectivity index (χ4n) is 2.70. The number of anilines is 1. The van der Waals surface area contributed by atoms with Gasteiger partial charge < -0.3 is 20.3 Å². The van der Waals surface area contributed by atoms with Crippen molar-refractivity contribution in [3.63, 3.8) is 0 Å². The summed E-state index contributed by atoms with van der Waals surface area (Å²) in [5.74, 6) is 1.51. The molecule has 6 nitrogen and oxygen atoms in total. The lowest BCUT2D eigenvalue weighted by atomic mass is 9.98. The molecule has 2 aromatic carbocycles. The molecule has 0 aliphatic rings. The molecule has 0 amide bonds. The largest absolute Gasteiger partial charge is 0.508 e. The van der Waals surface area contributed by atoms with E-state index in [1.54, 1.807) is 56.7 Å². The van der Waals surface area contributed by atoms with Crippen LogP contribution in [0, 0.1) is 11.3 Å². The van der Waals surface area contributed by atoms with Gasteiger partial charge >= 0.3 is 0 Å². The Kier molecular flexibility index (Phi) is 4.63. The number of ether oxygens (including phenoxy) is 2. The lowest BCUT2D eigenvalue weighted by molar-refractivity contribution is 0.395. The zero-order chi connectivity index (χ0) is 18.7. The Morgan fingerprint density at radius 2 is 1.73 bits per heavy atom. The highest BCUT2D eigenvalue weighted by Crippen LogP contribution is 2.36. The smallest absolute Gasteiger partial charge is 0.142 e. The highest BCUT2D eigenvalue weighted by Gasteiger charge is 2.16. The van der Waals surface area contributed by atoms with Gasteiger partial charge in [0.15, 0.2) is 0 Å². The molecule has 1 aromatic heterocycles. The molecule has 3 N–H and O–H groups in total. The highest BCUT2D eigenvalue weighted by atomic mass is 16.5. The number of methoxy groups -OCH3 is 2. The maximum Gasteiger partial charge on any atom is 0.142 e. The van der Waals surface area contributed by atoms with Gasteiger partial charge in [-0.05, 0) is 35.9 Å². The Balaban J connectivity index is 2.22. The third-order valence-electron chi connectivity index (χ3n) is 4.02. The Bertz CT molecular complexity index is 992. The van der Waals surface area contributed by atoms with E-state index >= 15 is 0 Å². The SMILES string of the molecule is COc1ccc(-c2cc(-c3ccc(O)cc3)c(C#N)c(N)n2)c(OC)c1. The Hall–Kier alpha value is -3.72. The van der Waals surface area contributed by atoms with Gasteiger partial charge in [-0.3, -0.25) is 0 Å². The normalized spacial score (nSPS) is 10.2. The first-order valence-electron chi connectivity index (χ1n) is 7.79. The average Bonchev–Trinajstić information content (AvgIpc) is 2.67. The van der Waals surface area contributed by atoms with Crippen molar-refractivity contribution in [3.05, 3.63) is 54.1 Å². The second kappa shape index (κ2) is 7.03. The molecule has 6 heteroatoms. The number of hydrogen-bond acceptors (Lipinski definition) is 6. The molecular weight excluding hydrogens is 330 g/mol. The van der Waals surface area contributed by atoms with E-state index in [1.807, 2.05) is 6.07 Å². The molecule has 130 valence electrons. The van der Waals surface area contributed by atoms with Crippen molar-refractivity contribution in [2.24, 2.45) is 0 Å². The average molecular weight is 347 g/mol. The lowest BCUT2D eigenvalue weighted by Crippen LogP contribution is -2.00. The number of nitriles is 1. The molecule has 0 unspecified atom stereocenters.